The first-order valence-corrected chi connectivity index (χ1v) is 5.48. The number of halogens is 1. The zero-order valence-corrected chi connectivity index (χ0v) is 9.43. The Kier molecular flexibility index (Phi) is 2.64. The summed E-state index contributed by atoms with van der Waals surface area (Å²) in [7, 11) is 0. The van der Waals surface area contributed by atoms with Crippen LogP contribution in [0.2, 0.25) is 0 Å². The van der Waals surface area contributed by atoms with Crippen molar-refractivity contribution in [2.75, 3.05) is 0 Å². The number of benzene rings is 1. The van der Waals surface area contributed by atoms with Gasteiger partial charge in [0.15, 0.2) is 0 Å². The van der Waals surface area contributed by atoms with Gasteiger partial charge in [-0.05, 0) is 23.8 Å². The van der Waals surface area contributed by atoms with E-state index in [-0.39, 0.29) is 12.4 Å². The van der Waals surface area contributed by atoms with Gasteiger partial charge in [-0.2, -0.15) is 0 Å². The van der Waals surface area contributed by atoms with Gasteiger partial charge in [0.2, 0.25) is 5.88 Å². The van der Waals surface area contributed by atoms with E-state index in [9.17, 15) is 4.39 Å². The van der Waals surface area contributed by atoms with Gasteiger partial charge in [0.25, 0.3) is 0 Å². The molecule has 1 N–H and O–H groups in total. The van der Waals surface area contributed by atoms with E-state index in [2.05, 4.69) is 15.0 Å². The van der Waals surface area contributed by atoms with Gasteiger partial charge in [0.05, 0.1) is 5.39 Å². The highest BCUT2D eigenvalue weighted by molar-refractivity contribution is 5.80. The summed E-state index contributed by atoms with van der Waals surface area (Å²) in [6, 6.07) is 8.14. The number of hydrogen-bond donors (Lipinski definition) is 1. The number of hydrogen-bond acceptors (Lipinski definition) is 3. The van der Waals surface area contributed by atoms with E-state index in [4.69, 9.17) is 4.74 Å². The molecule has 0 atom stereocenters. The monoisotopic (exact) mass is 243 g/mol. The van der Waals surface area contributed by atoms with E-state index in [1.807, 2.05) is 6.07 Å². The summed E-state index contributed by atoms with van der Waals surface area (Å²) in [5.74, 6) is 0.219. The molecule has 0 aliphatic carbocycles. The Bertz CT molecular complexity index is 681. The molecule has 2 aromatic heterocycles. The Hall–Kier alpha value is -2.43. The van der Waals surface area contributed by atoms with Crippen LogP contribution in [0.1, 0.15) is 5.56 Å². The molecule has 0 saturated carbocycles. The average molecular weight is 243 g/mol. The molecule has 4 nitrogen and oxygen atoms in total. The fourth-order valence-corrected chi connectivity index (χ4v) is 1.74. The van der Waals surface area contributed by atoms with Gasteiger partial charge in [-0.15, -0.1) is 0 Å². The summed E-state index contributed by atoms with van der Waals surface area (Å²) in [6.45, 7) is 0.273. The highest BCUT2D eigenvalue weighted by Gasteiger charge is 2.05. The molecule has 0 amide bonds. The maximum atomic E-state index is 13.0. The maximum Gasteiger partial charge on any atom is 0.226 e. The van der Waals surface area contributed by atoms with E-state index in [0.29, 0.717) is 5.88 Å². The van der Waals surface area contributed by atoms with Crippen LogP contribution >= 0.6 is 0 Å². The fourth-order valence-electron chi connectivity index (χ4n) is 1.74. The normalized spacial score (nSPS) is 10.7. The molecular weight excluding hydrogens is 233 g/mol. The smallest absolute Gasteiger partial charge is 0.226 e. The van der Waals surface area contributed by atoms with Crippen molar-refractivity contribution in [3.63, 3.8) is 0 Å². The minimum atomic E-state index is -0.273. The highest BCUT2D eigenvalue weighted by atomic mass is 19.1. The van der Waals surface area contributed by atoms with E-state index >= 15 is 0 Å². The Morgan fingerprint density at radius 3 is 3.06 bits per heavy atom. The van der Waals surface area contributed by atoms with Gasteiger partial charge in [-0.1, -0.05) is 12.1 Å². The van der Waals surface area contributed by atoms with Crippen LogP contribution in [0.5, 0.6) is 5.88 Å². The van der Waals surface area contributed by atoms with Crippen molar-refractivity contribution < 1.29 is 9.13 Å². The molecule has 3 aromatic rings. The molecule has 0 aliphatic rings. The average Bonchev–Trinajstić information content (AvgIpc) is 2.85. The SMILES string of the molecule is Fc1cccc(COc2ncnc3[nH]ccc23)c1. The molecule has 0 bridgehead atoms. The van der Waals surface area contributed by atoms with Crippen LogP contribution in [0, 0.1) is 5.82 Å². The number of nitrogens with zero attached hydrogens (tertiary/aromatic N) is 2. The second-order valence-corrected chi connectivity index (χ2v) is 3.84. The van der Waals surface area contributed by atoms with Gasteiger partial charge in [0, 0.05) is 6.20 Å². The van der Waals surface area contributed by atoms with Crippen LogP contribution in [-0.4, -0.2) is 15.0 Å². The minimum absolute atomic E-state index is 0.273. The summed E-state index contributed by atoms with van der Waals surface area (Å²) in [5.41, 5.74) is 1.48. The van der Waals surface area contributed by atoms with E-state index in [1.165, 1.54) is 18.5 Å². The molecule has 1 aromatic carbocycles. The molecule has 3 rings (SSSR count). The topological polar surface area (TPSA) is 50.8 Å². The number of aromatic nitrogens is 3. The van der Waals surface area contributed by atoms with Gasteiger partial charge >= 0.3 is 0 Å². The summed E-state index contributed by atoms with van der Waals surface area (Å²) in [4.78, 5) is 11.1. The fraction of sp³-hybridized carbons (Fsp3) is 0.0769. The molecule has 18 heavy (non-hydrogen) atoms. The van der Waals surface area contributed by atoms with Gasteiger partial charge in [-0.25, -0.2) is 14.4 Å². The van der Waals surface area contributed by atoms with Crippen molar-refractivity contribution in [3.05, 3.63) is 54.2 Å². The molecule has 5 heteroatoms. The van der Waals surface area contributed by atoms with Gasteiger partial charge in [0.1, 0.15) is 24.4 Å². The Balaban J connectivity index is 1.83. The highest BCUT2D eigenvalue weighted by Crippen LogP contribution is 2.20. The van der Waals surface area contributed by atoms with Crippen LogP contribution in [0.25, 0.3) is 11.0 Å². The zero-order valence-electron chi connectivity index (χ0n) is 9.43. The molecule has 0 fully saturated rings. The van der Waals surface area contributed by atoms with Crippen molar-refractivity contribution in [2.45, 2.75) is 6.61 Å². The first-order valence-electron chi connectivity index (χ1n) is 5.48. The van der Waals surface area contributed by atoms with E-state index in [0.717, 1.165) is 16.6 Å². The molecule has 0 saturated heterocycles. The number of aromatic amines is 1. The predicted molar refractivity (Wildman–Crippen MR) is 64.6 cm³/mol. The first kappa shape index (κ1) is 10.7. The van der Waals surface area contributed by atoms with E-state index < -0.39 is 0 Å². The summed E-state index contributed by atoms with van der Waals surface area (Å²) < 4.78 is 18.6. The number of nitrogens with one attached hydrogen (secondary N) is 1. The lowest BCUT2D eigenvalue weighted by atomic mass is 10.2. The Morgan fingerprint density at radius 1 is 1.22 bits per heavy atom. The van der Waals surface area contributed by atoms with Crippen molar-refractivity contribution in [1.82, 2.24) is 15.0 Å². The van der Waals surface area contributed by atoms with Gasteiger partial charge < -0.3 is 9.72 Å². The zero-order chi connectivity index (χ0) is 12.4. The molecule has 0 unspecified atom stereocenters. The van der Waals surface area contributed by atoms with Crippen molar-refractivity contribution >= 4 is 11.0 Å². The van der Waals surface area contributed by atoms with Crippen LogP contribution in [0.4, 0.5) is 4.39 Å². The molecular formula is C13H10FN3O. The second-order valence-electron chi connectivity index (χ2n) is 3.84. The molecule has 0 aliphatic heterocycles. The summed E-state index contributed by atoms with van der Waals surface area (Å²) >= 11 is 0. The second kappa shape index (κ2) is 4.44. The van der Waals surface area contributed by atoms with Crippen LogP contribution in [0.15, 0.2) is 42.9 Å². The summed E-state index contributed by atoms with van der Waals surface area (Å²) in [6.07, 6.45) is 3.20. The number of ether oxygens (including phenoxy) is 1. The first-order chi connectivity index (χ1) is 8.83. The largest absolute Gasteiger partial charge is 0.472 e. The quantitative estimate of drug-likeness (QED) is 0.769. The molecule has 0 radical (unpaired) electrons. The maximum absolute atomic E-state index is 13.0. The number of H-pyrrole nitrogens is 1. The number of fused-ring (bicyclic) bond motifs is 1. The lowest BCUT2D eigenvalue weighted by Crippen LogP contribution is -1.98. The van der Waals surface area contributed by atoms with E-state index in [1.54, 1.807) is 18.3 Å². The lowest BCUT2D eigenvalue weighted by molar-refractivity contribution is 0.297. The third kappa shape index (κ3) is 2.02. The summed E-state index contributed by atoms with van der Waals surface area (Å²) in [5, 5.41) is 0.814. The molecule has 90 valence electrons. The third-order valence-corrected chi connectivity index (χ3v) is 2.58. The predicted octanol–water partition coefficient (Wildman–Crippen LogP) is 2.68. The van der Waals surface area contributed by atoms with Crippen LogP contribution in [0.3, 0.4) is 0 Å². The molecule has 0 spiro atoms. The Morgan fingerprint density at radius 2 is 2.17 bits per heavy atom. The van der Waals surface area contributed by atoms with Crippen LogP contribution in [-0.2, 0) is 6.61 Å². The van der Waals surface area contributed by atoms with Crippen molar-refractivity contribution in [2.24, 2.45) is 0 Å². The number of rotatable bonds is 3. The third-order valence-electron chi connectivity index (χ3n) is 2.58. The minimum Gasteiger partial charge on any atom is -0.472 e. The Labute approximate surface area is 102 Å². The van der Waals surface area contributed by atoms with Crippen LogP contribution < -0.4 is 4.74 Å². The van der Waals surface area contributed by atoms with Crippen molar-refractivity contribution in [3.8, 4) is 5.88 Å². The standard InChI is InChI=1S/C13H10FN3O/c14-10-3-1-2-9(6-10)7-18-13-11-4-5-15-12(11)16-8-17-13/h1-6,8H,7H2,(H,15,16,17). The van der Waals surface area contributed by atoms with Crippen molar-refractivity contribution in [1.29, 1.82) is 0 Å². The lowest BCUT2D eigenvalue weighted by Gasteiger charge is -2.05. The van der Waals surface area contributed by atoms with Gasteiger partial charge in [-0.3, -0.25) is 0 Å². The molecule has 2 heterocycles.